The summed E-state index contributed by atoms with van der Waals surface area (Å²) in [6, 6.07) is 6.46. The minimum absolute atomic E-state index is 0.236. The Morgan fingerprint density at radius 2 is 2.23 bits per heavy atom. The molecule has 1 heterocycles. The summed E-state index contributed by atoms with van der Waals surface area (Å²) in [5.41, 5.74) is 2.56. The molecule has 0 fully saturated rings. The van der Waals surface area contributed by atoms with Crippen molar-refractivity contribution in [3.63, 3.8) is 0 Å². The fourth-order valence-corrected chi connectivity index (χ4v) is 2.60. The second-order valence-corrected chi connectivity index (χ2v) is 4.15. The van der Waals surface area contributed by atoms with Crippen LogP contribution in [-0.4, -0.2) is 11.7 Å². The fourth-order valence-electron chi connectivity index (χ4n) is 1.50. The molecule has 0 amide bonds. The molecule has 1 aromatic carbocycles. The molecule has 1 N–H and O–H groups in total. The zero-order valence-corrected chi connectivity index (χ0v) is 8.40. The topological polar surface area (TPSA) is 20.2 Å². The van der Waals surface area contributed by atoms with Crippen molar-refractivity contribution in [3.05, 3.63) is 34.7 Å². The van der Waals surface area contributed by atoms with E-state index in [2.05, 4.69) is 30.5 Å². The zero-order valence-electron chi connectivity index (χ0n) is 7.58. The average molecular weight is 192 g/mol. The maximum absolute atomic E-state index is 8.86. The van der Waals surface area contributed by atoms with Gasteiger partial charge in [0.15, 0.2) is 0 Å². The SMILES string of the molecule is Cc1ccc2c(CCO)csc2c1. The molecule has 0 bridgehead atoms. The fraction of sp³-hybridized carbons (Fsp3) is 0.273. The summed E-state index contributed by atoms with van der Waals surface area (Å²) in [4.78, 5) is 0. The van der Waals surface area contributed by atoms with Crippen LogP contribution in [0, 0.1) is 6.92 Å². The number of hydrogen-bond donors (Lipinski definition) is 1. The number of aliphatic hydroxyl groups is 1. The second-order valence-electron chi connectivity index (χ2n) is 3.23. The Morgan fingerprint density at radius 1 is 1.38 bits per heavy atom. The lowest BCUT2D eigenvalue weighted by atomic mass is 10.1. The van der Waals surface area contributed by atoms with Crippen LogP contribution in [0.1, 0.15) is 11.1 Å². The number of fused-ring (bicyclic) bond motifs is 1. The van der Waals surface area contributed by atoms with Gasteiger partial charge in [-0.25, -0.2) is 0 Å². The van der Waals surface area contributed by atoms with Crippen molar-refractivity contribution in [3.8, 4) is 0 Å². The Morgan fingerprint density at radius 3 is 3.00 bits per heavy atom. The third kappa shape index (κ3) is 1.60. The molecule has 1 nitrogen and oxygen atoms in total. The van der Waals surface area contributed by atoms with Crippen LogP contribution in [0.4, 0.5) is 0 Å². The van der Waals surface area contributed by atoms with Crippen molar-refractivity contribution < 1.29 is 5.11 Å². The van der Waals surface area contributed by atoms with E-state index in [0.717, 1.165) is 6.42 Å². The molecule has 13 heavy (non-hydrogen) atoms. The van der Waals surface area contributed by atoms with E-state index in [-0.39, 0.29) is 6.61 Å². The third-order valence-corrected chi connectivity index (χ3v) is 3.19. The lowest BCUT2D eigenvalue weighted by molar-refractivity contribution is 0.300. The second kappa shape index (κ2) is 3.48. The van der Waals surface area contributed by atoms with Gasteiger partial charge in [0.25, 0.3) is 0 Å². The molecule has 2 rings (SSSR count). The summed E-state index contributed by atoms with van der Waals surface area (Å²) in [5.74, 6) is 0. The number of hydrogen-bond acceptors (Lipinski definition) is 2. The predicted octanol–water partition coefficient (Wildman–Crippen LogP) is 2.74. The molecular formula is C11H12OS. The average Bonchev–Trinajstić information content (AvgIpc) is 2.49. The van der Waals surface area contributed by atoms with Gasteiger partial charge >= 0.3 is 0 Å². The smallest absolute Gasteiger partial charge is 0.0471 e. The summed E-state index contributed by atoms with van der Waals surface area (Å²) in [7, 11) is 0. The number of rotatable bonds is 2. The lowest BCUT2D eigenvalue weighted by Gasteiger charge is -1.96. The molecule has 0 atom stereocenters. The van der Waals surface area contributed by atoms with E-state index < -0.39 is 0 Å². The van der Waals surface area contributed by atoms with Crippen LogP contribution >= 0.6 is 11.3 Å². The Kier molecular flexibility index (Phi) is 2.34. The normalized spacial score (nSPS) is 10.9. The molecule has 0 radical (unpaired) electrons. The van der Waals surface area contributed by atoms with E-state index in [1.807, 2.05) is 0 Å². The van der Waals surface area contributed by atoms with Crippen molar-refractivity contribution >= 4 is 21.4 Å². The molecule has 0 saturated heterocycles. The van der Waals surface area contributed by atoms with E-state index in [9.17, 15) is 0 Å². The highest BCUT2D eigenvalue weighted by Crippen LogP contribution is 2.26. The predicted molar refractivity (Wildman–Crippen MR) is 57.4 cm³/mol. The number of thiophene rings is 1. The Balaban J connectivity index is 2.55. The number of benzene rings is 1. The third-order valence-electron chi connectivity index (χ3n) is 2.19. The van der Waals surface area contributed by atoms with Gasteiger partial charge in [-0.1, -0.05) is 12.1 Å². The van der Waals surface area contributed by atoms with Crippen molar-refractivity contribution in [2.24, 2.45) is 0 Å². The first-order chi connectivity index (χ1) is 6.31. The maximum Gasteiger partial charge on any atom is 0.0471 e. The summed E-state index contributed by atoms with van der Waals surface area (Å²) in [6.07, 6.45) is 0.767. The Bertz CT molecular complexity index is 417. The van der Waals surface area contributed by atoms with Crippen LogP contribution < -0.4 is 0 Å². The maximum atomic E-state index is 8.86. The van der Waals surface area contributed by atoms with Gasteiger partial charge in [-0.3, -0.25) is 0 Å². The van der Waals surface area contributed by atoms with Crippen LogP contribution in [0.3, 0.4) is 0 Å². The summed E-state index contributed by atoms with van der Waals surface area (Å²) < 4.78 is 1.32. The molecule has 0 unspecified atom stereocenters. The molecule has 68 valence electrons. The van der Waals surface area contributed by atoms with Crippen molar-refractivity contribution in [1.29, 1.82) is 0 Å². The standard InChI is InChI=1S/C11H12OS/c1-8-2-3-10-9(4-5-12)7-13-11(10)6-8/h2-3,6-7,12H,4-5H2,1H3. The summed E-state index contributed by atoms with van der Waals surface area (Å²) in [6.45, 7) is 2.34. The highest BCUT2D eigenvalue weighted by Gasteiger charge is 2.02. The van der Waals surface area contributed by atoms with Crippen molar-refractivity contribution in [2.45, 2.75) is 13.3 Å². The van der Waals surface area contributed by atoms with Gasteiger partial charge in [0.1, 0.15) is 0 Å². The molecule has 2 aromatic rings. The highest BCUT2D eigenvalue weighted by molar-refractivity contribution is 7.17. The number of aliphatic hydroxyl groups excluding tert-OH is 1. The first-order valence-corrected chi connectivity index (χ1v) is 5.27. The van der Waals surface area contributed by atoms with Gasteiger partial charge < -0.3 is 5.11 Å². The van der Waals surface area contributed by atoms with Crippen LogP contribution in [0.2, 0.25) is 0 Å². The van der Waals surface area contributed by atoms with Gasteiger partial charge in [0.2, 0.25) is 0 Å². The quantitative estimate of drug-likeness (QED) is 0.775. The van der Waals surface area contributed by atoms with E-state index >= 15 is 0 Å². The van der Waals surface area contributed by atoms with Gasteiger partial charge in [-0.2, -0.15) is 0 Å². The molecule has 0 aliphatic heterocycles. The number of aryl methyl sites for hydroxylation is 1. The summed E-state index contributed by atoms with van der Waals surface area (Å²) in [5, 5.41) is 12.3. The molecule has 0 aliphatic rings. The van der Waals surface area contributed by atoms with Gasteiger partial charge in [-0.15, -0.1) is 11.3 Å². The minimum atomic E-state index is 0.236. The van der Waals surface area contributed by atoms with E-state index in [1.54, 1.807) is 11.3 Å². The van der Waals surface area contributed by atoms with Crippen LogP contribution in [0.15, 0.2) is 23.6 Å². The highest BCUT2D eigenvalue weighted by atomic mass is 32.1. The molecular weight excluding hydrogens is 180 g/mol. The monoisotopic (exact) mass is 192 g/mol. The van der Waals surface area contributed by atoms with Gasteiger partial charge in [0.05, 0.1) is 0 Å². The largest absolute Gasteiger partial charge is 0.396 e. The van der Waals surface area contributed by atoms with Crippen LogP contribution in [-0.2, 0) is 6.42 Å². The van der Waals surface area contributed by atoms with Crippen LogP contribution in [0.5, 0.6) is 0 Å². The molecule has 0 spiro atoms. The first-order valence-electron chi connectivity index (χ1n) is 4.39. The molecule has 1 aromatic heterocycles. The first kappa shape index (κ1) is 8.73. The molecule has 0 saturated carbocycles. The van der Waals surface area contributed by atoms with E-state index in [4.69, 9.17) is 5.11 Å². The van der Waals surface area contributed by atoms with Crippen molar-refractivity contribution in [1.82, 2.24) is 0 Å². The summed E-state index contributed by atoms with van der Waals surface area (Å²) >= 11 is 1.76. The minimum Gasteiger partial charge on any atom is -0.396 e. The Hall–Kier alpha value is -0.860. The Labute approximate surface area is 81.6 Å². The molecule has 0 aliphatic carbocycles. The van der Waals surface area contributed by atoms with E-state index in [0.29, 0.717) is 0 Å². The van der Waals surface area contributed by atoms with Gasteiger partial charge in [-0.05, 0) is 41.3 Å². The van der Waals surface area contributed by atoms with E-state index in [1.165, 1.54) is 21.2 Å². The van der Waals surface area contributed by atoms with Crippen molar-refractivity contribution in [2.75, 3.05) is 6.61 Å². The van der Waals surface area contributed by atoms with Gasteiger partial charge in [0, 0.05) is 11.3 Å². The zero-order chi connectivity index (χ0) is 9.26. The lowest BCUT2D eigenvalue weighted by Crippen LogP contribution is -1.87. The van der Waals surface area contributed by atoms with Crippen LogP contribution in [0.25, 0.3) is 10.1 Å². The molecule has 2 heteroatoms.